The zero-order chi connectivity index (χ0) is 10.4. The van der Waals surface area contributed by atoms with Gasteiger partial charge in [-0.15, -0.1) is 0 Å². The molecule has 1 heterocycles. The molecule has 1 aromatic heterocycles. The first kappa shape index (κ1) is 9.85. The van der Waals surface area contributed by atoms with E-state index in [4.69, 9.17) is 5.11 Å². The first-order valence-electron chi connectivity index (χ1n) is 3.67. The Morgan fingerprint density at radius 2 is 1.93 bits per heavy atom. The standard InChI is InChI=1S/C8H7N3O3/c12-6(2-3-7(13)14)11-8-9-4-1-5-10-8/h1-5H,(H,13,14)(H,9,10,11,12)/b3-2-. The Bertz CT molecular complexity index is 361. The number of hydrogen-bond donors (Lipinski definition) is 2. The Morgan fingerprint density at radius 3 is 2.50 bits per heavy atom. The third-order valence-corrected chi connectivity index (χ3v) is 1.18. The van der Waals surface area contributed by atoms with Gasteiger partial charge in [0.05, 0.1) is 0 Å². The van der Waals surface area contributed by atoms with Crippen LogP contribution in [0.15, 0.2) is 30.6 Å². The van der Waals surface area contributed by atoms with Gasteiger partial charge in [0.1, 0.15) is 0 Å². The Hall–Kier alpha value is -2.24. The van der Waals surface area contributed by atoms with Crippen molar-refractivity contribution in [3.05, 3.63) is 30.6 Å². The number of nitrogens with zero attached hydrogens (tertiary/aromatic N) is 2. The van der Waals surface area contributed by atoms with Crippen LogP contribution in [0.25, 0.3) is 0 Å². The molecule has 0 aromatic carbocycles. The molecule has 0 spiro atoms. The van der Waals surface area contributed by atoms with Gasteiger partial charge in [0.15, 0.2) is 0 Å². The summed E-state index contributed by atoms with van der Waals surface area (Å²) in [4.78, 5) is 28.5. The molecule has 6 nitrogen and oxygen atoms in total. The molecule has 1 rings (SSSR count). The maximum atomic E-state index is 11.0. The van der Waals surface area contributed by atoms with Crippen LogP contribution in [0.5, 0.6) is 0 Å². The van der Waals surface area contributed by atoms with Crippen LogP contribution >= 0.6 is 0 Å². The molecular formula is C8H7N3O3. The molecule has 1 amide bonds. The molecule has 0 fully saturated rings. The highest BCUT2D eigenvalue weighted by atomic mass is 16.4. The third kappa shape index (κ3) is 3.44. The van der Waals surface area contributed by atoms with Gasteiger partial charge >= 0.3 is 5.97 Å². The maximum Gasteiger partial charge on any atom is 0.328 e. The Morgan fingerprint density at radius 1 is 1.29 bits per heavy atom. The van der Waals surface area contributed by atoms with Crippen molar-refractivity contribution in [1.82, 2.24) is 9.97 Å². The second-order valence-electron chi connectivity index (χ2n) is 2.23. The van der Waals surface area contributed by atoms with E-state index >= 15 is 0 Å². The van der Waals surface area contributed by atoms with Gasteiger partial charge in [-0.3, -0.25) is 10.1 Å². The number of amides is 1. The number of carboxylic acid groups (broad SMARTS) is 1. The maximum absolute atomic E-state index is 11.0. The van der Waals surface area contributed by atoms with Crippen LogP contribution in [0, 0.1) is 0 Å². The smallest absolute Gasteiger partial charge is 0.328 e. The van der Waals surface area contributed by atoms with E-state index in [9.17, 15) is 9.59 Å². The van der Waals surface area contributed by atoms with E-state index in [2.05, 4.69) is 15.3 Å². The summed E-state index contributed by atoms with van der Waals surface area (Å²) in [6.45, 7) is 0. The predicted octanol–water partition coefficient (Wildman–Crippen LogP) is 0.0559. The monoisotopic (exact) mass is 193 g/mol. The second kappa shape index (κ2) is 4.70. The van der Waals surface area contributed by atoms with Crippen molar-refractivity contribution in [1.29, 1.82) is 0 Å². The van der Waals surface area contributed by atoms with E-state index in [0.717, 1.165) is 12.2 Å². The van der Waals surface area contributed by atoms with Gasteiger partial charge in [0, 0.05) is 24.5 Å². The zero-order valence-corrected chi connectivity index (χ0v) is 7.04. The molecule has 0 aliphatic rings. The number of aromatic nitrogens is 2. The van der Waals surface area contributed by atoms with Crippen molar-refractivity contribution < 1.29 is 14.7 Å². The topological polar surface area (TPSA) is 92.2 Å². The van der Waals surface area contributed by atoms with E-state index in [1.807, 2.05) is 0 Å². The van der Waals surface area contributed by atoms with Crippen LogP contribution in [-0.4, -0.2) is 27.0 Å². The number of nitrogens with one attached hydrogen (secondary N) is 1. The number of carbonyl (C=O) groups excluding carboxylic acids is 1. The van der Waals surface area contributed by atoms with Crippen molar-refractivity contribution in [3.63, 3.8) is 0 Å². The number of rotatable bonds is 3. The van der Waals surface area contributed by atoms with Crippen LogP contribution in [-0.2, 0) is 9.59 Å². The molecule has 0 atom stereocenters. The Labute approximate surface area is 79.3 Å². The normalized spacial score (nSPS) is 10.0. The quantitative estimate of drug-likeness (QED) is 0.662. The van der Waals surface area contributed by atoms with Gasteiger partial charge in [-0.2, -0.15) is 0 Å². The van der Waals surface area contributed by atoms with Crippen molar-refractivity contribution in [2.45, 2.75) is 0 Å². The highest BCUT2D eigenvalue weighted by molar-refractivity contribution is 6.01. The molecule has 0 radical (unpaired) electrons. The number of aliphatic carboxylic acids is 1. The molecule has 0 aliphatic heterocycles. The molecule has 14 heavy (non-hydrogen) atoms. The van der Waals surface area contributed by atoms with E-state index in [1.54, 1.807) is 6.07 Å². The minimum absolute atomic E-state index is 0.132. The number of anilines is 1. The summed E-state index contributed by atoms with van der Waals surface area (Å²) in [5, 5.41) is 10.5. The average molecular weight is 193 g/mol. The van der Waals surface area contributed by atoms with E-state index in [-0.39, 0.29) is 5.95 Å². The molecule has 0 unspecified atom stereocenters. The van der Waals surface area contributed by atoms with Gasteiger partial charge in [-0.25, -0.2) is 14.8 Å². The van der Waals surface area contributed by atoms with Gasteiger partial charge in [-0.05, 0) is 6.07 Å². The first-order valence-corrected chi connectivity index (χ1v) is 3.67. The van der Waals surface area contributed by atoms with Crippen molar-refractivity contribution in [3.8, 4) is 0 Å². The van der Waals surface area contributed by atoms with E-state index < -0.39 is 11.9 Å². The summed E-state index contributed by atoms with van der Waals surface area (Å²) >= 11 is 0. The summed E-state index contributed by atoms with van der Waals surface area (Å²) in [7, 11) is 0. The molecule has 0 saturated carbocycles. The molecule has 0 bridgehead atoms. The fourth-order valence-electron chi connectivity index (χ4n) is 0.662. The molecule has 72 valence electrons. The predicted molar refractivity (Wildman–Crippen MR) is 47.4 cm³/mol. The van der Waals surface area contributed by atoms with Crippen LogP contribution in [0.3, 0.4) is 0 Å². The fraction of sp³-hybridized carbons (Fsp3) is 0. The third-order valence-electron chi connectivity index (χ3n) is 1.18. The van der Waals surface area contributed by atoms with Gasteiger partial charge in [0.2, 0.25) is 5.95 Å². The Balaban J connectivity index is 2.54. The summed E-state index contributed by atoms with van der Waals surface area (Å²) in [6.07, 6.45) is 4.55. The van der Waals surface area contributed by atoms with Crippen LogP contribution in [0.1, 0.15) is 0 Å². The van der Waals surface area contributed by atoms with Crippen LogP contribution in [0.2, 0.25) is 0 Å². The van der Waals surface area contributed by atoms with Gasteiger partial charge in [-0.1, -0.05) is 0 Å². The zero-order valence-electron chi connectivity index (χ0n) is 7.04. The summed E-state index contributed by atoms with van der Waals surface area (Å²) < 4.78 is 0. The molecule has 1 aromatic rings. The van der Waals surface area contributed by atoms with Gasteiger partial charge in [0.25, 0.3) is 5.91 Å². The van der Waals surface area contributed by atoms with Crippen molar-refractivity contribution in [2.75, 3.05) is 5.32 Å². The van der Waals surface area contributed by atoms with Gasteiger partial charge < -0.3 is 5.11 Å². The lowest BCUT2D eigenvalue weighted by atomic mass is 10.5. The number of hydrogen-bond acceptors (Lipinski definition) is 4. The van der Waals surface area contributed by atoms with Crippen LogP contribution < -0.4 is 5.32 Å². The molecule has 2 N–H and O–H groups in total. The highest BCUT2D eigenvalue weighted by Crippen LogP contribution is 1.93. The van der Waals surface area contributed by atoms with E-state index in [1.165, 1.54) is 12.4 Å². The lowest BCUT2D eigenvalue weighted by Crippen LogP contribution is -2.10. The van der Waals surface area contributed by atoms with Crippen molar-refractivity contribution in [2.24, 2.45) is 0 Å². The summed E-state index contributed by atoms with van der Waals surface area (Å²) in [5.74, 6) is -1.64. The average Bonchev–Trinajstić information content (AvgIpc) is 2.16. The molecule has 0 saturated heterocycles. The lowest BCUT2D eigenvalue weighted by molar-refractivity contribution is -0.131. The largest absolute Gasteiger partial charge is 0.478 e. The van der Waals surface area contributed by atoms with E-state index in [0.29, 0.717) is 0 Å². The molecule has 6 heteroatoms. The minimum Gasteiger partial charge on any atom is -0.478 e. The SMILES string of the molecule is O=C(O)/C=C\C(=O)Nc1ncccn1. The lowest BCUT2D eigenvalue weighted by Gasteiger charge is -1.96. The fourth-order valence-corrected chi connectivity index (χ4v) is 0.662. The molecule has 0 aliphatic carbocycles. The number of carbonyl (C=O) groups is 2. The van der Waals surface area contributed by atoms with Crippen LogP contribution in [0.4, 0.5) is 5.95 Å². The summed E-state index contributed by atoms with van der Waals surface area (Å²) in [5.41, 5.74) is 0. The summed E-state index contributed by atoms with van der Waals surface area (Å²) in [6, 6.07) is 1.60. The molecular weight excluding hydrogens is 186 g/mol. The highest BCUT2D eigenvalue weighted by Gasteiger charge is 1.99. The van der Waals surface area contributed by atoms with Crippen molar-refractivity contribution >= 4 is 17.8 Å². The second-order valence-corrected chi connectivity index (χ2v) is 2.23. The minimum atomic E-state index is -1.19. The Kier molecular flexibility index (Phi) is 3.31. The first-order chi connectivity index (χ1) is 6.68. The number of carboxylic acids is 1.